The number of hydrogen-bond donors (Lipinski definition) is 3. The van der Waals surface area contributed by atoms with E-state index in [-0.39, 0.29) is 5.91 Å². The minimum atomic E-state index is -0.148. The lowest BCUT2D eigenvalue weighted by Crippen LogP contribution is -2.34. The number of nitrogens with one attached hydrogen (secondary N) is 2. The fourth-order valence-corrected chi connectivity index (χ4v) is 2.00. The van der Waals surface area contributed by atoms with E-state index in [4.69, 9.17) is 5.84 Å². The molecule has 1 heterocycles. The lowest BCUT2D eigenvalue weighted by Gasteiger charge is -2.16. The topological polar surface area (TPSA) is 83.3 Å². The highest BCUT2D eigenvalue weighted by Gasteiger charge is 2.25. The molecule has 104 valence electrons. The molecule has 6 nitrogen and oxygen atoms in total. The molecule has 2 rings (SSSR count). The largest absolute Gasteiger partial charge is 0.351 e. The normalized spacial score (nSPS) is 14.5. The van der Waals surface area contributed by atoms with Crippen molar-refractivity contribution in [3.63, 3.8) is 0 Å². The molecule has 4 N–H and O–H groups in total. The first-order valence-corrected chi connectivity index (χ1v) is 6.53. The number of amides is 1. The summed E-state index contributed by atoms with van der Waals surface area (Å²) in [6, 6.07) is 2.46. The molecule has 1 saturated carbocycles. The van der Waals surface area contributed by atoms with Crippen LogP contribution in [0.3, 0.4) is 0 Å². The molecule has 1 aromatic rings. The van der Waals surface area contributed by atoms with E-state index in [1.165, 1.54) is 12.8 Å². The van der Waals surface area contributed by atoms with Crippen LogP contribution in [0.15, 0.2) is 12.3 Å². The smallest absolute Gasteiger partial charge is 0.255 e. The van der Waals surface area contributed by atoms with Crippen molar-refractivity contribution in [3.05, 3.63) is 23.5 Å². The molecule has 0 aliphatic heterocycles. The minimum Gasteiger partial charge on any atom is -0.351 e. The number of nitrogen functional groups attached to an aromatic ring is 1. The van der Waals surface area contributed by atoms with Gasteiger partial charge in [-0.05, 0) is 32.9 Å². The Labute approximate surface area is 113 Å². The average Bonchev–Trinajstić information content (AvgIpc) is 3.22. The predicted octanol–water partition coefficient (Wildman–Crippen LogP) is 0.500. The van der Waals surface area contributed by atoms with Crippen LogP contribution in [0.4, 0.5) is 5.69 Å². The zero-order valence-electron chi connectivity index (χ0n) is 11.4. The van der Waals surface area contributed by atoms with Gasteiger partial charge in [0.15, 0.2) is 0 Å². The van der Waals surface area contributed by atoms with Crippen LogP contribution in [0.5, 0.6) is 0 Å². The molecule has 1 aromatic heterocycles. The van der Waals surface area contributed by atoms with Gasteiger partial charge in [0.2, 0.25) is 0 Å². The van der Waals surface area contributed by atoms with Crippen molar-refractivity contribution < 1.29 is 4.79 Å². The van der Waals surface area contributed by atoms with Gasteiger partial charge in [0, 0.05) is 31.0 Å². The zero-order valence-corrected chi connectivity index (χ0v) is 11.4. The van der Waals surface area contributed by atoms with Crippen LogP contribution < -0.4 is 16.6 Å². The van der Waals surface area contributed by atoms with Gasteiger partial charge < -0.3 is 15.6 Å². The molecule has 0 spiro atoms. The summed E-state index contributed by atoms with van der Waals surface area (Å²) in [5, 5.41) is 2.89. The molecule has 0 unspecified atom stereocenters. The van der Waals surface area contributed by atoms with Gasteiger partial charge >= 0.3 is 0 Å². The summed E-state index contributed by atoms with van der Waals surface area (Å²) in [5.74, 6) is 5.27. The number of carbonyl (C=O) groups is 1. The SMILES string of the molecule is Cc1cc(NN)c(C(=O)NCCN(C)C2CC2)cn1. The number of aromatic nitrogens is 1. The Morgan fingerprint density at radius 3 is 2.95 bits per heavy atom. The maximum atomic E-state index is 12.0. The summed E-state index contributed by atoms with van der Waals surface area (Å²) >= 11 is 0. The van der Waals surface area contributed by atoms with Crippen molar-refractivity contribution in [1.29, 1.82) is 0 Å². The molecule has 1 aliphatic carbocycles. The Morgan fingerprint density at radius 1 is 1.58 bits per heavy atom. The third-order valence-electron chi connectivity index (χ3n) is 3.36. The molecular weight excluding hydrogens is 242 g/mol. The second-order valence-electron chi connectivity index (χ2n) is 4.98. The number of likely N-dealkylation sites (N-methyl/N-ethyl adjacent to an activating group) is 1. The van der Waals surface area contributed by atoms with Gasteiger partial charge in [-0.25, -0.2) is 0 Å². The number of carbonyl (C=O) groups excluding carboxylic acids is 1. The van der Waals surface area contributed by atoms with E-state index in [0.29, 0.717) is 23.8 Å². The van der Waals surface area contributed by atoms with Crippen LogP contribution in [0, 0.1) is 6.92 Å². The molecular formula is C13H21N5O. The number of rotatable bonds is 6. The van der Waals surface area contributed by atoms with Crippen molar-refractivity contribution in [2.45, 2.75) is 25.8 Å². The highest BCUT2D eigenvalue weighted by Crippen LogP contribution is 2.24. The number of hydrazine groups is 1. The van der Waals surface area contributed by atoms with E-state index in [1.54, 1.807) is 12.3 Å². The number of aryl methyl sites for hydroxylation is 1. The Hall–Kier alpha value is -1.66. The summed E-state index contributed by atoms with van der Waals surface area (Å²) in [4.78, 5) is 18.4. The fourth-order valence-electron chi connectivity index (χ4n) is 2.00. The lowest BCUT2D eigenvalue weighted by molar-refractivity contribution is 0.0950. The molecule has 0 bridgehead atoms. The van der Waals surface area contributed by atoms with Gasteiger partial charge in [0.25, 0.3) is 5.91 Å². The first kappa shape index (κ1) is 13.8. The molecule has 0 radical (unpaired) electrons. The predicted molar refractivity (Wildman–Crippen MR) is 74.8 cm³/mol. The van der Waals surface area contributed by atoms with Crippen molar-refractivity contribution in [1.82, 2.24) is 15.2 Å². The van der Waals surface area contributed by atoms with Crippen LogP contribution in [-0.2, 0) is 0 Å². The zero-order chi connectivity index (χ0) is 13.8. The summed E-state index contributed by atoms with van der Waals surface area (Å²) < 4.78 is 0. The summed E-state index contributed by atoms with van der Waals surface area (Å²) in [7, 11) is 2.09. The molecule has 0 saturated heterocycles. The van der Waals surface area contributed by atoms with Crippen molar-refractivity contribution >= 4 is 11.6 Å². The lowest BCUT2D eigenvalue weighted by atomic mass is 10.2. The standard InChI is InChI=1S/C13H21N5O/c1-9-7-12(17-14)11(8-16-9)13(19)15-5-6-18(2)10-3-4-10/h7-8,10H,3-6,14H2,1-2H3,(H,15,19)(H,16,17). The summed E-state index contributed by atoms with van der Waals surface area (Å²) in [6.07, 6.45) is 4.09. The molecule has 19 heavy (non-hydrogen) atoms. The number of nitrogens with two attached hydrogens (primary N) is 1. The van der Waals surface area contributed by atoms with Crippen LogP contribution in [0.1, 0.15) is 28.9 Å². The number of anilines is 1. The molecule has 0 aromatic carbocycles. The molecule has 1 aliphatic rings. The van der Waals surface area contributed by atoms with Crippen LogP contribution >= 0.6 is 0 Å². The third kappa shape index (κ3) is 3.65. The fraction of sp³-hybridized carbons (Fsp3) is 0.538. The van der Waals surface area contributed by atoms with E-state index in [0.717, 1.165) is 12.2 Å². The van der Waals surface area contributed by atoms with Gasteiger partial charge in [-0.2, -0.15) is 0 Å². The van der Waals surface area contributed by atoms with Gasteiger partial charge in [-0.1, -0.05) is 0 Å². The van der Waals surface area contributed by atoms with Crippen molar-refractivity contribution in [3.8, 4) is 0 Å². The maximum Gasteiger partial charge on any atom is 0.255 e. The Morgan fingerprint density at radius 2 is 2.32 bits per heavy atom. The monoisotopic (exact) mass is 263 g/mol. The van der Waals surface area contributed by atoms with E-state index in [1.807, 2.05) is 6.92 Å². The number of nitrogens with zero attached hydrogens (tertiary/aromatic N) is 2. The highest BCUT2D eigenvalue weighted by atomic mass is 16.1. The Kier molecular flexibility index (Phi) is 4.34. The van der Waals surface area contributed by atoms with E-state index >= 15 is 0 Å². The van der Waals surface area contributed by atoms with Crippen molar-refractivity contribution in [2.24, 2.45) is 5.84 Å². The van der Waals surface area contributed by atoms with E-state index in [9.17, 15) is 4.79 Å². The first-order chi connectivity index (χ1) is 9.11. The van der Waals surface area contributed by atoms with Gasteiger partial charge in [0.05, 0.1) is 11.3 Å². The molecule has 0 atom stereocenters. The van der Waals surface area contributed by atoms with Crippen LogP contribution in [0.2, 0.25) is 0 Å². The molecule has 1 amide bonds. The first-order valence-electron chi connectivity index (χ1n) is 6.53. The van der Waals surface area contributed by atoms with Crippen molar-refractivity contribution in [2.75, 3.05) is 25.6 Å². The van der Waals surface area contributed by atoms with Crippen LogP contribution in [-0.4, -0.2) is 42.0 Å². The Balaban J connectivity index is 1.88. The van der Waals surface area contributed by atoms with Crippen LogP contribution in [0.25, 0.3) is 0 Å². The summed E-state index contributed by atoms with van der Waals surface area (Å²) in [6.45, 7) is 3.35. The van der Waals surface area contributed by atoms with Gasteiger partial charge in [-0.3, -0.25) is 15.6 Å². The van der Waals surface area contributed by atoms with Gasteiger partial charge in [0.1, 0.15) is 0 Å². The second kappa shape index (κ2) is 5.99. The number of hydrogen-bond acceptors (Lipinski definition) is 5. The average molecular weight is 263 g/mol. The number of pyridine rings is 1. The second-order valence-corrected chi connectivity index (χ2v) is 4.98. The van der Waals surface area contributed by atoms with E-state index in [2.05, 4.69) is 27.7 Å². The van der Waals surface area contributed by atoms with Gasteiger partial charge in [-0.15, -0.1) is 0 Å². The Bertz CT molecular complexity index is 458. The minimum absolute atomic E-state index is 0.148. The molecule has 1 fully saturated rings. The third-order valence-corrected chi connectivity index (χ3v) is 3.36. The maximum absolute atomic E-state index is 12.0. The highest BCUT2D eigenvalue weighted by molar-refractivity contribution is 5.99. The molecule has 6 heteroatoms. The summed E-state index contributed by atoms with van der Waals surface area (Å²) in [5.41, 5.74) is 4.42. The quantitative estimate of drug-likeness (QED) is 0.514. The van der Waals surface area contributed by atoms with E-state index < -0.39 is 0 Å².